The Balaban J connectivity index is 2.42. The standard InChI is InChI=1S/C19H23NO/c1-4-13-11-14(5-2)18-16(12-13)19(21)15-9-7-8-10-17(15)20(18)6-3/h7-11,13H,4-6,12H2,1-3H3. The first-order valence-corrected chi connectivity index (χ1v) is 8.06. The van der Waals surface area contributed by atoms with Gasteiger partial charge < -0.3 is 4.57 Å². The molecule has 1 heterocycles. The monoisotopic (exact) mass is 281 g/mol. The number of hydrogen-bond donors (Lipinski definition) is 0. The molecule has 0 N–H and O–H groups in total. The summed E-state index contributed by atoms with van der Waals surface area (Å²) in [7, 11) is 0. The molecule has 0 saturated heterocycles. The van der Waals surface area contributed by atoms with Crippen LogP contribution in [0, 0.1) is 5.92 Å². The fourth-order valence-electron chi connectivity index (χ4n) is 3.57. The second kappa shape index (κ2) is 5.51. The van der Waals surface area contributed by atoms with E-state index < -0.39 is 0 Å². The van der Waals surface area contributed by atoms with Gasteiger partial charge in [0.05, 0.1) is 11.2 Å². The number of allylic oxidation sites excluding steroid dienone is 2. The van der Waals surface area contributed by atoms with Crippen LogP contribution in [0.1, 0.15) is 44.9 Å². The minimum atomic E-state index is 0.239. The van der Waals surface area contributed by atoms with Gasteiger partial charge in [0, 0.05) is 17.5 Å². The van der Waals surface area contributed by atoms with Crippen LogP contribution < -0.4 is 5.43 Å². The molecule has 0 radical (unpaired) electrons. The van der Waals surface area contributed by atoms with Crippen molar-refractivity contribution >= 4 is 16.5 Å². The number of nitrogens with zero attached hydrogens (tertiary/aromatic N) is 1. The van der Waals surface area contributed by atoms with Crippen LogP contribution in [0.2, 0.25) is 0 Å². The molecule has 2 heteroatoms. The molecule has 1 aromatic heterocycles. The molecule has 0 amide bonds. The maximum atomic E-state index is 12.9. The van der Waals surface area contributed by atoms with Gasteiger partial charge in [0.15, 0.2) is 5.43 Å². The number of pyridine rings is 1. The number of benzene rings is 1. The maximum absolute atomic E-state index is 12.9. The molecule has 2 nitrogen and oxygen atoms in total. The predicted molar refractivity (Wildman–Crippen MR) is 89.6 cm³/mol. The number of aromatic nitrogens is 1. The first kappa shape index (κ1) is 14.1. The van der Waals surface area contributed by atoms with E-state index in [-0.39, 0.29) is 5.43 Å². The van der Waals surface area contributed by atoms with Gasteiger partial charge in [0.1, 0.15) is 0 Å². The van der Waals surface area contributed by atoms with Gasteiger partial charge in [-0.25, -0.2) is 0 Å². The molecule has 0 spiro atoms. The van der Waals surface area contributed by atoms with Crippen LogP contribution >= 0.6 is 0 Å². The molecule has 1 aliphatic rings. The number of rotatable bonds is 3. The van der Waals surface area contributed by atoms with Crippen LogP contribution in [0.4, 0.5) is 0 Å². The van der Waals surface area contributed by atoms with Crippen molar-refractivity contribution < 1.29 is 0 Å². The van der Waals surface area contributed by atoms with Gasteiger partial charge in [-0.05, 0) is 49.8 Å². The van der Waals surface area contributed by atoms with Crippen molar-refractivity contribution in [1.82, 2.24) is 4.57 Å². The molecule has 1 atom stereocenters. The quantitative estimate of drug-likeness (QED) is 0.817. The molecule has 1 aliphatic carbocycles. The summed E-state index contributed by atoms with van der Waals surface area (Å²) in [5.74, 6) is 0.506. The highest BCUT2D eigenvalue weighted by atomic mass is 16.1. The van der Waals surface area contributed by atoms with Gasteiger partial charge >= 0.3 is 0 Å². The number of para-hydroxylation sites is 1. The Labute approximate surface area is 126 Å². The van der Waals surface area contributed by atoms with E-state index in [0.717, 1.165) is 42.3 Å². The van der Waals surface area contributed by atoms with Crippen molar-refractivity contribution in [2.24, 2.45) is 5.92 Å². The molecule has 0 aliphatic heterocycles. The van der Waals surface area contributed by atoms with E-state index in [9.17, 15) is 4.79 Å². The van der Waals surface area contributed by atoms with Crippen molar-refractivity contribution in [1.29, 1.82) is 0 Å². The topological polar surface area (TPSA) is 22.0 Å². The average Bonchev–Trinajstić information content (AvgIpc) is 2.54. The van der Waals surface area contributed by atoms with E-state index >= 15 is 0 Å². The Bertz CT molecular complexity index is 767. The first-order chi connectivity index (χ1) is 10.2. The minimum Gasteiger partial charge on any atom is -0.341 e. The normalized spacial score (nSPS) is 17.7. The SMILES string of the molecule is CCC1=CC(CC)Cc2c1n(CC)c1ccccc1c2=O. The third-order valence-corrected chi connectivity index (χ3v) is 4.70. The van der Waals surface area contributed by atoms with Gasteiger partial charge in [0.25, 0.3) is 0 Å². The second-order valence-electron chi connectivity index (χ2n) is 5.84. The summed E-state index contributed by atoms with van der Waals surface area (Å²) in [6, 6.07) is 8.02. The summed E-state index contributed by atoms with van der Waals surface area (Å²) in [4.78, 5) is 12.9. The molecule has 2 aromatic rings. The molecule has 0 saturated carbocycles. The number of fused-ring (bicyclic) bond motifs is 2. The summed E-state index contributed by atoms with van der Waals surface area (Å²) in [6.07, 6.45) is 5.37. The van der Waals surface area contributed by atoms with Crippen LogP contribution in [0.25, 0.3) is 16.5 Å². The Morgan fingerprint density at radius 2 is 1.95 bits per heavy atom. The largest absolute Gasteiger partial charge is 0.341 e. The van der Waals surface area contributed by atoms with E-state index in [0.29, 0.717) is 5.92 Å². The zero-order chi connectivity index (χ0) is 15.0. The zero-order valence-corrected chi connectivity index (χ0v) is 13.1. The number of aryl methyl sites for hydroxylation is 1. The Morgan fingerprint density at radius 1 is 1.19 bits per heavy atom. The lowest BCUT2D eigenvalue weighted by Crippen LogP contribution is -2.25. The predicted octanol–water partition coefficient (Wildman–Crippen LogP) is 4.40. The molecule has 1 unspecified atom stereocenters. The van der Waals surface area contributed by atoms with Gasteiger partial charge in [-0.3, -0.25) is 4.79 Å². The Morgan fingerprint density at radius 3 is 2.62 bits per heavy atom. The molecule has 0 fully saturated rings. The van der Waals surface area contributed by atoms with E-state index in [2.05, 4.69) is 37.5 Å². The maximum Gasteiger partial charge on any atom is 0.193 e. The lowest BCUT2D eigenvalue weighted by Gasteiger charge is -2.27. The highest BCUT2D eigenvalue weighted by Gasteiger charge is 2.24. The summed E-state index contributed by atoms with van der Waals surface area (Å²) >= 11 is 0. The lowest BCUT2D eigenvalue weighted by molar-refractivity contribution is 0.602. The van der Waals surface area contributed by atoms with Crippen LogP contribution in [-0.4, -0.2) is 4.57 Å². The van der Waals surface area contributed by atoms with Crippen molar-refractivity contribution in [3.8, 4) is 0 Å². The fraction of sp³-hybridized carbons (Fsp3) is 0.421. The van der Waals surface area contributed by atoms with Gasteiger partial charge in [-0.15, -0.1) is 0 Å². The van der Waals surface area contributed by atoms with Crippen LogP contribution in [0.5, 0.6) is 0 Å². The minimum absolute atomic E-state index is 0.239. The van der Waals surface area contributed by atoms with Gasteiger partial charge in [0.2, 0.25) is 0 Å². The summed E-state index contributed by atoms with van der Waals surface area (Å²) in [5.41, 5.74) is 4.86. The molecule has 0 bridgehead atoms. The third-order valence-electron chi connectivity index (χ3n) is 4.70. The van der Waals surface area contributed by atoms with Crippen molar-refractivity contribution in [2.75, 3.05) is 0 Å². The molecule has 110 valence electrons. The van der Waals surface area contributed by atoms with E-state index in [4.69, 9.17) is 0 Å². The summed E-state index contributed by atoms with van der Waals surface area (Å²) in [6.45, 7) is 7.46. The summed E-state index contributed by atoms with van der Waals surface area (Å²) in [5, 5.41) is 0.866. The van der Waals surface area contributed by atoms with Crippen molar-refractivity contribution in [2.45, 2.75) is 46.6 Å². The molecule has 1 aromatic carbocycles. The van der Waals surface area contributed by atoms with E-state index in [1.54, 1.807) is 0 Å². The summed E-state index contributed by atoms with van der Waals surface area (Å²) < 4.78 is 2.33. The highest BCUT2D eigenvalue weighted by molar-refractivity contribution is 5.84. The smallest absolute Gasteiger partial charge is 0.193 e. The number of hydrogen-bond acceptors (Lipinski definition) is 1. The average molecular weight is 281 g/mol. The first-order valence-electron chi connectivity index (χ1n) is 8.06. The Kier molecular flexibility index (Phi) is 3.71. The fourth-order valence-corrected chi connectivity index (χ4v) is 3.57. The third kappa shape index (κ3) is 2.14. The molecular formula is C19H23NO. The van der Waals surface area contributed by atoms with E-state index in [1.807, 2.05) is 18.2 Å². The van der Waals surface area contributed by atoms with Crippen molar-refractivity contribution in [3.63, 3.8) is 0 Å². The Hall–Kier alpha value is -1.83. The molecule has 3 rings (SSSR count). The van der Waals surface area contributed by atoms with Crippen LogP contribution in [0.15, 0.2) is 35.1 Å². The van der Waals surface area contributed by atoms with Crippen LogP contribution in [0.3, 0.4) is 0 Å². The molecular weight excluding hydrogens is 258 g/mol. The second-order valence-corrected chi connectivity index (χ2v) is 5.84. The van der Waals surface area contributed by atoms with Crippen LogP contribution in [-0.2, 0) is 13.0 Å². The van der Waals surface area contributed by atoms with Gasteiger partial charge in [-0.1, -0.05) is 32.1 Å². The molecule has 21 heavy (non-hydrogen) atoms. The van der Waals surface area contributed by atoms with E-state index in [1.165, 1.54) is 11.3 Å². The van der Waals surface area contributed by atoms with Crippen molar-refractivity contribution in [3.05, 3.63) is 51.8 Å². The zero-order valence-electron chi connectivity index (χ0n) is 13.1. The highest BCUT2D eigenvalue weighted by Crippen LogP contribution is 2.33. The lowest BCUT2D eigenvalue weighted by atomic mass is 9.84. The van der Waals surface area contributed by atoms with Gasteiger partial charge in [-0.2, -0.15) is 0 Å².